The van der Waals surface area contributed by atoms with Gasteiger partial charge in [0.25, 0.3) is 0 Å². The Kier molecular flexibility index (Phi) is 3.76. The van der Waals surface area contributed by atoms with Gasteiger partial charge in [0.2, 0.25) is 0 Å². The molecule has 5 heteroatoms. The molecule has 0 amide bonds. The number of nitrogens with two attached hydrogens (primary N) is 1. The highest BCUT2D eigenvalue weighted by atomic mass is 19.4. The molecule has 0 saturated heterocycles. The molecule has 0 heterocycles. The molecule has 0 spiro atoms. The zero-order valence-electron chi connectivity index (χ0n) is 10.8. The van der Waals surface area contributed by atoms with Gasteiger partial charge in [-0.1, -0.05) is 12.1 Å². The summed E-state index contributed by atoms with van der Waals surface area (Å²) in [7, 11) is 1.57. The van der Waals surface area contributed by atoms with Crippen molar-refractivity contribution in [3.63, 3.8) is 0 Å². The predicted molar refractivity (Wildman–Crippen MR) is 66.9 cm³/mol. The smallest absolute Gasteiger partial charge is 0.391 e. The molecule has 0 radical (unpaired) electrons. The van der Waals surface area contributed by atoms with Gasteiger partial charge in [-0.2, -0.15) is 13.2 Å². The molecule has 0 unspecified atom stereocenters. The van der Waals surface area contributed by atoms with Gasteiger partial charge in [0, 0.05) is 5.54 Å². The second-order valence-electron chi connectivity index (χ2n) is 5.20. The molecule has 106 valence electrons. The molecule has 1 aliphatic carbocycles. The van der Waals surface area contributed by atoms with Gasteiger partial charge in [-0.3, -0.25) is 0 Å². The second-order valence-corrected chi connectivity index (χ2v) is 5.20. The average molecular weight is 273 g/mol. The summed E-state index contributed by atoms with van der Waals surface area (Å²) in [5.41, 5.74) is 6.51. The lowest BCUT2D eigenvalue weighted by molar-refractivity contribution is -0.184. The number of alkyl halides is 3. The van der Waals surface area contributed by atoms with E-state index in [1.165, 1.54) is 0 Å². The molecule has 1 fully saturated rings. The van der Waals surface area contributed by atoms with Crippen LogP contribution in [0.15, 0.2) is 24.3 Å². The number of hydrogen-bond acceptors (Lipinski definition) is 2. The summed E-state index contributed by atoms with van der Waals surface area (Å²) in [6, 6.07) is 7.26. The SMILES string of the molecule is COc1ccc(C2(N)CCC(C(F)(F)F)CC2)cc1. The molecular weight excluding hydrogens is 255 g/mol. The Balaban J connectivity index is 2.08. The Bertz CT molecular complexity index is 419. The van der Waals surface area contributed by atoms with Crippen LogP contribution in [0.3, 0.4) is 0 Å². The predicted octanol–water partition coefficient (Wildman–Crippen LogP) is 3.60. The number of methoxy groups -OCH3 is 1. The van der Waals surface area contributed by atoms with E-state index in [0.29, 0.717) is 12.8 Å². The Hall–Kier alpha value is -1.23. The summed E-state index contributed by atoms with van der Waals surface area (Å²) in [5.74, 6) is -0.487. The first-order chi connectivity index (χ1) is 8.85. The van der Waals surface area contributed by atoms with Crippen molar-refractivity contribution < 1.29 is 17.9 Å². The van der Waals surface area contributed by atoms with Gasteiger partial charge in [0.05, 0.1) is 13.0 Å². The van der Waals surface area contributed by atoms with E-state index in [1.807, 2.05) is 12.1 Å². The molecule has 19 heavy (non-hydrogen) atoms. The van der Waals surface area contributed by atoms with Crippen LogP contribution in [0.25, 0.3) is 0 Å². The molecule has 1 saturated carbocycles. The highest BCUT2D eigenvalue weighted by Gasteiger charge is 2.44. The fourth-order valence-corrected chi connectivity index (χ4v) is 2.67. The Labute approximate surface area is 110 Å². The number of ether oxygens (including phenoxy) is 1. The fourth-order valence-electron chi connectivity index (χ4n) is 2.67. The van der Waals surface area contributed by atoms with Crippen molar-refractivity contribution in [2.45, 2.75) is 37.4 Å². The van der Waals surface area contributed by atoms with Crippen LogP contribution in [0.5, 0.6) is 5.75 Å². The van der Waals surface area contributed by atoms with Crippen molar-refractivity contribution in [2.75, 3.05) is 7.11 Å². The molecule has 1 aromatic carbocycles. The first-order valence-electron chi connectivity index (χ1n) is 6.35. The molecule has 0 aliphatic heterocycles. The minimum atomic E-state index is -4.10. The monoisotopic (exact) mass is 273 g/mol. The molecule has 2 N–H and O–H groups in total. The average Bonchev–Trinajstić information content (AvgIpc) is 2.38. The highest BCUT2D eigenvalue weighted by Crippen LogP contribution is 2.44. The van der Waals surface area contributed by atoms with Crippen LogP contribution in [0.1, 0.15) is 31.2 Å². The summed E-state index contributed by atoms with van der Waals surface area (Å²) in [6.07, 6.45) is -3.16. The van der Waals surface area contributed by atoms with Gasteiger partial charge >= 0.3 is 6.18 Å². The molecule has 1 aromatic rings. The summed E-state index contributed by atoms with van der Waals surface area (Å²) >= 11 is 0. The molecule has 0 aromatic heterocycles. The molecule has 2 nitrogen and oxygen atoms in total. The zero-order chi connectivity index (χ0) is 14.1. The number of halogens is 3. The minimum absolute atomic E-state index is 0.103. The third-order valence-electron chi connectivity index (χ3n) is 4.01. The lowest BCUT2D eigenvalue weighted by atomic mass is 9.73. The molecular formula is C14H18F3NO. The van der Waals surface area contributed by atoms with E-state index >= 15 is 0 Å². The molecule has 1 aliphatic rings. The van der Waals surface area contributed by atoms with Crippen LogP contribution < -0.4 is 10.5 Å². The van der Waals surface area contributed by atoms with Crippen LogP contribution >= 0.6 is 0 Å². The normalized spacial score (nSPS) is 28.2. The topological polar surface area (TPSA) is 35.2 Å². The Morgan fingerprint density at radius 1 is 1.16 bits per heavy atom. The maximum Gasteiger partial charge on any atom is 0.391 e. The maximum absolute atomic E-state index is 12.6. The van der Waals surface area contributed by atoms with E-state index in [1.54, 1.807) is 19.2 Å². The molecule has 0 atom stereocenters. The number of hydrogen-bond donors (Lipinski definition) is 1. The van der Waals surface area contributed by atoms with Crippen LogP contribution in [0.2, 0.25) is 0 Å². The summed E-state index contributed by atoms with van der Waals surface area (Å²) < 4.78 is 43.0. The van der Waals surface area contributed by atoms with Crippen LogP contribution in [-0.2, 0) is 5.54 Å². The lowest BCUT2D eigenvalue weighted by Crippen LogP contribution is -2.42. The van der Waals surface area contributed by atoms with Gasteiger partial charge in [-0.25, -0.2) is 0 Å². The maximum atomic E-state index is 12.6. The summed E-state index contributed by atoms with van der Waals surface area (Å²) in [5, 5.41) is 0. The van der Waals surface area contributed by atoms with E-state index in [2.05, 4.69) is 0 Å². The lowest BCUT2D eigenvalue weighted by Gasteiger charge is -2.38. The van der Waals surface area contributed by atoms with Crippen LogP contribution in [-0.4, -0.2) is 13.3 Å². The zero-order valence-corrected chi connectivity index (χ0v) is 10.8. The van der Waals surface area contributed by atoms with E-state index in [-0.39, 0.29) is 12.8 Å². The van der Waals surface area contributed by atoms with Crippen molar-refractivity contribution in [1.29, 1.82) is 0 Å². The van der Waals surface area contributed by atoms with Crippen LogP contribution in [0.4, 0.5) is 13.2 Å². The standard InChI is InChI=1S/C14H18F3NO/c1-19-12-4-2-10(3-5-12)13(18)8-6-11(7-9-13)14(15,16)17/h2-5,11H,6-9,18H2,1H3. The quantitative estimate of drug-likeness (QED) is 0.893. The first kappa shape index (κ1) is 14.2. The van der Waals surface area contributed by atoms with Crippen molar-refractivity contribution in [3.8, 4) is 5.75 Å². The Morgan fingerprint density at radius 2 is 1.68 bits per heavy atom. The van der Waals surface area contributed by atoms with Gasteiger partial charge in [-0.05, 0) is 43.4 Å². The molecule has 2 rings (SSSR count). The van der Waals surface area contributed by atoms with Gasteiger partial charge in [0.15, 0.2) is 0 Å². The summed E-state index contributed by atoms with van der Waals surface area (Å²) in [4.78, 5) is 0. The van der Waals surface area contributed by atoms with Gasteiger partial charge < -0.3 is 10.5 Å². The third kappa shape index (κ3) is 3.03. The van der Waals surface area contributed by atoms with E-state index in [0.717, 1.165) is 11.3 Å². The minimum Gasteiger partial charge on any atom is -0.497 e. The largest absolute Gasteiger partial charge is 0.497 e. The first-order valence-corrected chi connectivity index (χ1v) is 6.35. The highest BCUT2D eigenvalue weighted by molar-refractivity contribution is 5.32. The number of rotatable bonds is 2. The van der Waals surface area contributed by atoms with Gasteiger partial charge in [0.1, 0.15) is 5.75 Å². The molecule has 0 bridgehead atoms. The van der Waals surface area contributed by atoms with E-state index < -0.39 is 17.6 Å². The van der Waals surface area contributed by atoms with Crippen molar-refractivity contribution in [2.24, 2.45) is 11.7 Å². The van der Waals surface area contributed by atoms with Crippen molar-refractivity contribution >= 4 is 0 Å². The third-order valence-corrected chi connectivity index (χ3v) is 4.01. The Morgan fingerprint density at radius 3 is 2.11 bits per heavy atom. The van der Waals surface area contributed by atoms with E-state index in [9.17, 15) is 13.2 Å². The second kappa shape index (κ2) is 5.04. The van der Waals surface area contributed by atoms with Crippen molar-refractivity contribution in [3.05, 3.63) is 29.8 Å². The van der Waals surface area contributed by atoms with E-state index in [4.69, 9.17) is 10.5 Å². The summed E-state index contributed by atoms with van der Waals surface area (Å²) in [6.45, 7) is 0. The van der Waals surface area contributed by atoms with Crippen molar-refractivity contribution in [1.82, 2.24) is 0 Å². The fraction of sp³-hybridized carbons (Fsp3) is 0.571. The van der Waals surface area contributed by atoms with Gasteiger partial charge in [-0.15, -0.1) is 0 Å². The number of benzene rings is 1. The van der Waals surface area contributed by atoms with Crippen LogP contribution in [0, 0.1) is 5.92 Å².